The first-order valence-corrected chi connectivity index (χ1v) is 6.07. The van der Waals surface area contributed by atoms with Crippen molar-refractivity contribution < 1.29 is 9.90 Å². The molecule has 0 aliphatic rings. The minimum atomic E-state index is -0.901. The van der Waals surface area contributed by atoms with Crippen LogP contribution in [0.5, 0.6) is 0 Å². The van der Waals surface area contributed by atoms with E-state index in [1.165, 1.54) is 0 Å². The van der Waals surface area contributed by atoms with Gasteiger partial charge in [-0.3, -0.25) is 0 Å². The normalized spacial score (nSPS) is 10.5. The lowest BCUT2D eigenvalue weighted by Crippen LogP contribution is -1.95. The van der Waals surface area contributed by atoms with Crippen LogP contribution in [-0.4, -0.2) is 11.1 Å². The molecular weight excluding hydrogens is 236 g/mol. The van der Waals surface area contributed by atoms with Crippen molar-refractivity contribution in [3.63, 3.8) is 0 Å². The Kier molecular flexibility index (Phi) is 2.76. The maximum atomic E-state index is 11.0. The van der Waals surface area contributed by atoms with E-state index in [4.69, 9.17) is 5.11 Å². The molecule has 0 spiro atoms. The maximum Gasteiger partial charge on any atom is 0.335 e. The molecule has 2 nitrogen and oxygen atoms in total. The van der Waals surface area contributed by atoms with Gasteiger partial charge in [-0.05, 0) is 34.0 Å². The molecule has 0 saturated heterocycles. The number of carboxylic acids is 1. The summed E-state index contributed by atoms with van der Waals surface area (Å²) in [4.78, 5) is 11.0. The molecule has 0 radical (unpaired) electrons. The lowest BCUT2D eigenvalue weighted by molar-refractivity contribution is 0.0697. The monoisotopic (exact) mass is 248 g/mol. The highest BCUT2D eigenvalue weighted by Gasteiger charge is 2.07. The predicted molar refractivity (Wildman–Crippen MR) is 76.3 cm³/mol. The minimum absolute atomic E-state index is 0.311. The van der Waals surface area contributed by atoms with Crippen molar-refractivity contribution in [2.75, 3.05) is 0 Å². The van der Waals surface area contributed by atoms with Crippen molar-refractivity contribution in [2.45, 2.75) is 0 Å². The van der Waals surface area contributed by atoms with Crippen LogP contribution < -0.4 is 0 Å². The topological polar surface area (TPSA) is 37.3 Å². The molecule has 0 heterocycles. The highest BCUT2D eigenvalue weighted by molar-refractivity contribution is 5.98. The second-order valence-electron chi connectivity index (χ2n) is 4.41. The fourth-order valence-electron chi connectivity index (χ4n) is 2.30. The van der Waals surface area contributed by atoms with Gasteiger partial charge in [0, 0.05) is 0 Å². The van der Waals surface area contributed by atoms with Crippen molar-refractivity contribution in [1.29, 1.82) is 0 Å². The van der Waals surface area contributed by atoms with Gasteiger partial charge in [0.1, 0.15) is 0 Å². The van der Waals surface area contributed by atoms with E-state index < -0.39 is 5.97 Å². The zero-order chi connectivity index (χ0) is 13.2. The molecule has 19 heavy (non-hydrogen) atoms. The Balaban J connectivity index is 2.24. The van der Waals surface area contributed by atoms with Gasteiger partial charge in [-0.2, -0.15) is 0 Å². The molecule has 0 saturated carbocycles. The van der Waals surface area contributed by atoms with Crippen molar-refractivity contribution >= 4 is 16.7 Å². The van der Waals surface area contributed by atoms with E-state index in [0.717, 1.165) is 21.9 Å². The van der Waals surface area contributed by atoms with Gasteiger partial charge in [-0.1, -0.05) is 54.6 Å². The molecular formula is C17H12O2. The molecule has 3 aromatic rings. The number of fused-ring (bicyclic) bond motifs is 1. The summed E-state index contributed by atoms with van der Waals surface area (Å²) in [5.41, 5.74) is 2.29. The summed E-state index contributed by atoms with van der Waals surface area (Å²) in [5.74, 6) is -0.901. The van der Waals surface area contributed by atoms with Gasteiger partial charge in [-0.25, -0.2) is 4.79 Å². The van der Waals surface area contributed by atoms with Crippen LogP contribution >= 0.6 is 0 Å². The smallest absolute Gasteiger partial charge is 0.335 e. The maximum absolute atomic E-state index is 11.0. The minimum Gasteiger partial charge on any atom is -0.478 e. The van der Waals surface area contributed by atoms with Crippen molar-refractivity contribution in [2.24, 2.45) is 0 Å². The second-order valence-corrected chi connectivity index (χ2v) is 4.41. The van der Waals surface area contributed by atoms with Gasteiger partial charge in [0.05, 0.1) is 5.56 Å². The SMILES string of the molecule is O=C(O)c1cccc(-c2cccc3ccccc23)c1. The zero-order valence-corrected chi connectivity index (χ0v) is 10.2. The molecule has 1 N–H and O–H groups in total. The number of benzene rings is 3. The molecule has 3 aromatic carbocycles. The van der Waals surface area contributed by atoms with Crippen LogP contribution in [0.3, 0.4) is 0 Å². The molecule has 0 unspecified atom stereocenters. The van der Waals surface area contributed by atoms with Crippen LogP contribution in [0.25, 0.3) is 21.9 Å². The molecule has 0 aliphatic carbocycles. The Hall–Kier alpha value is -2.61. The molecule has 2 heteroatoms. The molecule has 92 valence electrons. The number of carbonyl (C=O) groups is 1. The number of rotatable bonds is 2. The third-order valence-electron chi connectivity index (χ3n) is 3.21. The van der Waals surface area contributed by atoms with Crippen molar-refractivity contribution in [3.05, 3.63) is 72.3 Å². The Bertz CT molecular complexity index is 755. The standard InChI is InChI=1S/C17H12O2/c18-17(19)14-8-3-7-13(11-14)16-10-4-6-12-5-1-2-9-15(12)16/h1-11H,(H,18,19). The lowest BCUT2D eigenvalue weighted by Gasteiger charge is -2.07. The Morgan fingerprint density at radius 3 is 2.42 bits per heavy atom. The molecule has 0 atom stereocenters. The molecule has 0 fully saturated rings. The fraction of sp³-hybridized carbons (Fsp3) is 0. The predicted octanol–water partition coefficient (Wildman–Crippen LogP) is 4.21. The van der Waals surface area contributed by atoms with E-state index in [2.05, 4.69) is 18.2 Å². The number of aromatic carboxylic acids is 1. The third kappa shape index (κ3) is 2.08. The Morgan fingerprint density at radius 1 is 0.842 bits per heavy atom. The van der Waals surface area contributed by atoms with Crippen LogP contribution in [0.2, 0.25) is 0 Å². The summed E-state index contributed by atoms with van der Waals surface area (Å²) >= 11 is 0. The summed E-state index contributed by atoms with van der Waals surface area (Å²) in [6, 6.07) is 21.2. The Morgan fingerprint density at radius 2 is 1.58 bits per heavy atom. The average Bonchev–Trinajstić information content (AvgIpc) is 2.47. The lowest BCUT2D eigenvalue weighted by atomic mass is 9.97. The number of hydrogen-bond acceptors (Lipinski definition) is 1. The fourth-order valence-corrected chi connectivity index (χ4v) is 2.30. The van der Waals surface area contributed by atoms with Gasteiger partial charge in [0.15, 0.2) is 0 Å². The van der Waals surface area contributed by atoms with Crippen molar-refractivity contribution in [1.82, 2.24) is 0 Å². The molecule has 0 amide bonds. The van der Waals surface area contributed by atoms with Crippen molar-refractivity contribution in [3.8, 4) is 11.1 Å². The zero-order valence-electron chi connectivity index (χ0n) is 10.2. The summed E-state index contributed by atoms with van der Waals surface area (Å²) in [5, 5.41) is 11.4. The van der Waals surface area contributed by atoms with Gasteiger partial charge in [0.2, 0.25) is 0 Å². The van der Waals surface area contributed by atoms with Crippen LogP contribution in [0.4, 0.5) is 0 Å². The van der Waals surface area contributed by atoms with E-state index in [0.29, 0.717) is 5.56 Å². The third-order valence-corrected chi connectivity index (χ3v) is 3.21. The number of hydrogen-bond donors (Lipinski definition) is 1. The molecule has 0 aromatic heterocycles. The van der Waals surface area contributed by atoms with Gasteiger partial charge in [-0.15, -0.1) is 0 Å². The average molecular weight is 248 g/mol. The van der Waals surface area contributed by atoms with E-state index >= 15 is 0 Å². The quantitative estimate of drug-likeness (QED) is 0.737. The van der Waals surface area contributed by atoms with E-state index in [1.54, 1.807) is 18.2 Å². The highest BCUT2D eigenvalue weighted by Crippen LogP contribution is 2.28. The largest absolute Gasteiger partial charge is 0.478 e. The first kappa shape index (κ1) is 11.5. The molecule has 0 bridgehead atoms. The van der Waals surface area contributed by atoms with Gasteiger partial charge < -0.3 is 5.11 Å². The van der Waals surface area contributed by atoms with E-state index in [1.807, 2.05) is 30.3 Å². The Labute approximate surface area is 110 Å². The van der Waals surface area contributed by atoms with Crippen LogP contribution in [0.15, 0.2) is 66.7 Å². The van der Waals surface area contributed by atoms with Crippen LogP contribution in [0.1, 0.15) is 10.4 Å². The van der Waals surface area contributed by atoms with Crippen LogP contribution in [0, 0.1) is 0 Å². The summed E-state index contributed by atoms with van der Waals surface area (Å²) in [7, 11) is 0. The summed E-state index contributed by atoms with van der Waals surface area (Å²) in [6.07, 6.45) is 0. The summed E-state index contributed by atoms with van der Waals surface area (Å²) in [6.45, 7) is 0. The van der Waals surface area contributed by atoms with E-state index in [9.17, 15) is 4.79 Å². The first-order valence-electron chi connectivity index (χ1n) is 6.07. The second kappa shape index (κ2) is 4.58. The highest BCUT2D eigenvalue weighted by atomic mass is 16.4. The van der Waals surface area contributed by atoms with Crippen LogP contribution in [-0.2, 0) is 0 Å². The molecule has 0 aliphatic heterocycles. The van der Waals surface area contributed by atoms with Gasteiger partial charge >= 0.3 is 5.97 Å². The molecule has 3 rings (SSSR count). The number of carboxylic acid groups (broad SMARTS) is 1. The summed E-state index contributed by atoms with van der Waals surface area (Å²) < 4.78 is 0. The first-order chi connectivity index (χ1) is 9.25. The van der Waals surface area contributed by atoms with E-state index in [-0.39, 0.29) is 0 Å². The van der Waals surface area contributed by atoms with Gasteiger partial charge in [0.25, 0.3) is 0 Å².